The molecular weight excluding hydrogens is 263 g/mol. The first-order chi connectivity index (χ1) is 8.69. The lowest BCUT2D eigenvalue weighted by molar-refractivity contribution is -0.274. The Kier molecular flexibility index (Phi) is 4.77. The third kappa shape index (κ3) is 5.17. The number of ether oxygens (including phenoxy) is 1. The van der Waals surface area contributed by atoms with Crippen molar-refractivity contribution in [2.24, 2.45) is 0 Å². The molecule has 106 valence electrons. The highest BCUT2D eigenvalue weighted by atomic mass is 19.4. The molecule has 0 aliphatic rings. The standard InChI is InChI=1S/C12H14F3NO3/c1-8(16(2)7-11(17)18)9-3-5-10(6-4-9)19-12(13,14)15/h3-6,8H,7H2,1-2H3,(H,17,18). The van der Waals surface area contributed by atoms with E-state index in [-0.39, 0.29) is 18.3 Å². The van der Waals surface area contributed by atoms with Gasteiger partial charge < -0.3 is 9.84 Å². The van der Waals surface area contributed by atoms with Gasteiger partial charge in [-0.3, -0.25) is 9.69 Å². The lowest BCUT2D eigenvalue weighted by Gasteiger charge is -2.23. The number of nitrogens with zero attached hydrogens (tertiary/aromatic N) is 1. The number of hydrogen-bond donors (Lipinski definition) is 1. The van der Waals surface area contributed by atoms with Crippen molar-refractivity contribution >= 4 is 5.97 Å². The van der Waals surface area contributed by atoms with Gasteiger partial charge in [0.25, 0.3) is 0 Å². The summed E-state index contributed by atoms with van der Waals surface area (Å²) in [7, 11) is 1.62. The molecule has 0 radical (unpaired) electrons. The predicted molar refractivity (Wildman–Crippen MR) is 61.8 cm³/mol. The topological polar surface area (TPSA) is 49.8 Å². The molecule has 0 saturated heterocycles. The largest absolute Gasteiger partial charge is 0.573 e. The average Bonchev–Trinajstić information content (AvgIpc) is 2.26. The Morgan fingerprint density at radius 1 is 1.37 bits per heavy atom. The van der Waals surface area contributed by atoms with E-state index in [9.17, 15) is 18.0 Å². The number of halogens is 3. The molecular formula is C12H14F3NO3. The van der Waals surface area contributed by atoms with E-state index >= 15 is 0 Å². The molecule has 1 atom stereocenters. The Bertz CT molecular complexity index is 431. The second kappa shape index (κ2) is 5.92. The summed E-state index contributed by atoms with van der Waals surface area (Å²) in [5.41, 5.74) is 0.707. The van der Waals surface area contributed by atoms with Gasteiger partial charge in [0.15, 0.2) is 0 Å². The van der Waals surface area contributed by atoms with Crippen LogP contribution in [0.2, 0.25) is 0 Å². The van der Waals surface area contributed by atoms with Crippen LogP contribution in [0.4, 0.5) is 13.2 Å². The second-order valence-electron chi connectivity index (χ2n) is 4.10. The molecule has 4 nitrogen and oxygen atoms in total. The summed E-state index contributed by atoms with van der Waals surface area (Å²) in [5, 5.41) is 8.66. The van der Waals surface area contributed by atoms with Gasteiger partial charge in [0.2, 0.25) is 0 Å². The SMILES string of the molecule is CC(c1ccc(OC(F)(F)F)cc1)N(C)CC(=O)O. The van der Waals surface area contributed by atoms with Crippen molar-refractivity contribution in [3.63, 3.8) is 0 Å². The van der Waals surface area contributed by atoms with Crippen molar-refractivity contribution in [1.82, 2.24) is 4.90 Å². The molecule has 1 unspecified atom stereocenters. The quantitative estimate of drug-likeness (QED) is 0.899. The maximum atomic E-state index is 12.0. The number of rotatable bonds is 5. The van der Waals surface area contributed by atoms with Crippen molar-refractivity contribution < 1.29 is 27.8 Å². The minimum atomic E-state index is -4.72. The Morgan fingerprint density at radius 3 is 2.32 bits per heavy atom. The van der Waals surface area contributed by atoms with Crippen LogP contribution in [0.5, 0.6) is 5.75 Å². The Hall–Kier alpha value is -1.76. The Labute approximate surface area is 108 Å². The average molecular weight is 277 g/mol. The number of carbonyl (C=O) groups is 1. The van der Waals surface area contributed by atoms with Gasteiger partial charge in [-0.05, 0) is 31.7 Å². The van der Waals surface area contributed by atoms with Gasteiger partial charge in [-0.2, -0.15) is 0 Å². The third-order valence-electron chi connectivity index (χ3n) is 2.64. The number of carboxylic acid groups (broad SMARTS) is 1. The Balaban J connectivity index is 2.73. The van der Waals surface area contributed by atoms with E-state index in [1.165, 1.54) is 24.3 Å². The van der Waals surface area contributed by atoms with Crippen LogP contribution in [0.1, 0.15) is 18.5 Å². The molecule has 0 aliphatic heterocycles. The summed E-state index contributed by atoms with van der Waals surface area (Å²) in [6.45, 7) is 1.62. The van der Waals surface area contributed by atoms with Gasteiger partial charge in [0.05, 0.1) is 6.54 Å². The van der Waals surface area contributed by atoms with E-state index < -0.39 is 12.3 Å². The normalized spacial score (nSPS) is 13.4. The monoisotopic (exact) mass is 277 g/mol. The third-order valence-corrected chi connectivity index (χ3v) is 2.64. The van der Waals surface area contributed by atoms with Crippen LogP contribution in [0.3, 0.4) is 0 Å². The van der Waals surface area contributed by atoms with Crippen LogP contribution in [-0.4, -0.2) is 35.9 Å². The predicted octanol–water partition coefficient (Wildman–Crippen LogP) is 2.66. The fourth-order valence-electron chi connectivity index (χ4n) is 1.55. The smallest absolute Gasteiger partial charge is 0.480 e. The zero-order valence-electron chi connectivity index (χ0n) is 10.4. The Morgan fingerprint density at radius 2 is 1.89 bits per heavy atom. The maximum Gasteiger partial charge on any atom is 0.573 e. The molecule has 0 fully saturated rings. The van der Waals surface area contributed by atoms with Crippen molar-refractivity contribution in [1.29, 1.82) is 0 Å². The van der Waals surface area contributed by atoms with Crippen LogP contribution in [0.15, 0.2) is 24.3 Å². The summed E-state index contributed by atoms with van der Waals surface area (Å²) in [5.74, 6) is -1.27. The number of carboxylic acids is 1. The molecule has 0 spiro atoms. The highest BCUT2D eigenvalue weighted by Crippen LogP contribution is 2.25. The number of hydrogen-bond acceptors (Lipinski definition) is 3. The zero-order chi connectivity index (χ0) is 14.6. The van der Waals surface area contributed by atoms with Gasteiger partial charge >= 0.3 is 12.3 Å². The highest BCUT2D eigenvalue weighted by Gasteiger charge is 2.31. The van der Waals surface area contributed by atoms with E-state index in [2.05, 4.69) is 4.74 Å². The summed E-state index contributed by atoms with van der Waals surface area (Å²) >= 11 is 0. The molecule has 0 bridgehead atoms. The van der Waals surface area contributed by atoms with E-state index in [1.807, 2.05) is 0 Å². The van der Waals surface area contributed by atoms with Crippen molar-refractivity contribution in [3.8, 4) is 5.75 Å². The second-order valence-corrected chi connectivity index (χ2v) is 4.10. The maximum absolute atomic E-state index is 12.0. The minimum absolute atomic E-state index is 0.151. The first-order valence-corrected chi connectivity index (χ1v) is 5.47. The molecule has 1 aromatic carbocycles. The molecule has 0 heterocycles. The number of aliphatic carboxylic acids is 1. The fourth-order valence-corrected chi connectivity index (χ4v) is 1.55. The molecule has 0 saturated carbocycles. The van der Waals surface area contributed by atoms with Crippen LogP contribution >= 0.6 is 0 Å². The zero-order valence-corrected chi connectivity index (χ0v) is 10.4. The van der Waals surface area contributed by atoms with E-state index in [4.69, 9.17) is 5.11 Å². The lowest BCUT2D eigenvalue weighted by atomic mass is 10.1. The van der Waals surface area contributed by atoms with Crippen molar-refractivity contribution in [2.75, 3.05) is 13.6 Å². The molecule has 7 heteroatoms. The summed E-state index contributed by atoms with van der Waals surface area (Å²) < 4.78 is 39.7. The first-order valence-electron chi connectivity index (χ1n) is 5.47. The number of benzene rings is 1. The van der Waals surface area contributed by atoms with Crippen LogP contribution in [0, 0.1) is 0 Å². The van der Waals surface area contributed by atoms with Gasteiger partial charge in [-0.15, -0.1) is 13.2 Å². The van der Waals surface area contributed by atoms with Crippen molar-refractivity contribution in [3.05, 3.63) is 29.8 Å². The number of likely N-dealkylation sites (N-methyl/N-ethyl adjacent to an activating group) is 1. The molecule has 1 aromatic rings. The van der Waals surface area contributed by atoms with Crippen LogP contribution in [0.25, 0.3) is 0 Å². The molecule has 0 aromatic heterocycles. The highest BCUT2D eigenvalue weighted by molar-refractivity contribution is 5.69. The summed E-state index contributed by atoms with van der Waals surface area (Å²) in [6, 6.07) is 5.13. The molecule has 1 N–H and O–H groups in total. The molecule has 0 aliphatic carbocycles. The summed E-state index contributed by atoms with van der Waals surface area (Å²) in [4.78, 5) is 12.1. The summed E-state index contributed by atoms with van der Waals surface area (Å²) in [6.07, 6.45) is -4.72. The minimum Gasteiger partial charge on any atom is -0.480 e. The molecule has 1 rings (SSSR count). The lowest BCUT2D eigenvalue weighted by Crippen LogP contribution is -2.28. The van der Waals surface area contributed by atoms with Crippen molar-refractivity contribution in [2.45, 2.75) is 19.3 Å². The van der Waals surface area contributed by atoms with Gasteiger partial charge in [0, 0.05) is 6.04 Å². The van der Waals surface area contributed by atoms with E-state index in [1.54, 1.807) is 18.9 Å². The van der Waals surface area contributed by atoms with Gasteiger partial charge in [0.1, 0.15) is 5.75 Å². The fraction of sp³-hybridized carbons (Fsp3) is 0.417. The number of alkyl halides is 3. The van der Waals surface area contributed by atoms with Gasteiger partial charge in [-0.25, -0.2) is 0 Å². The van der Waals surface area contributed by atoms with E-state index in [0.717, 1.165) is 0 Å². The molecule has 19 heavy (non-hydrogen) atoms. The van der Waals surface area contributed by atoms with Gasteiger partial charge in [-0.1, -0.05) is 12.1 Å². The van der Waals surface area contributed by atoms with E-state index in [0.29, 0.717) is 5.56 Å². The molecule has 0 amide bonds. The van der Waals surface area contributed by atoms with Crippen LogP contribution < -0.4 is 4.74 Å². The first kappa shape index (κ1) is 15.3. The van der Waals surface area contributed by atoms with Crippen LogP contribution in [-0.2, 0) is 4.79 Å².